The van der Waals surface area contributed by atoms with Gasteiger partial charge in [-0.15, -0.1) is 0 Å². The molecule has 0 unspecified atom stereocenters. The first-order chi connectivity index (χ1) is 7.58. The second kappa shape index (κ2) is 4.29. The molecule has 0 spiro atoms. The normalized spacial score (nSPS) is 11.0. The van der Waals surface area contributed by atoms with Gasteiger partial charge in [0, 0.05) is 16.4 Å². The Bertz CT molecular complexity index is 503. The Morgan fingerprint density at radius 2 is 2.06 bits per heavy atom. The standard InChI is InChI=1S/C12H14BrN3/c1-8(2)11-5-6-16(15-11)12-4-3-9(14)7-10(12)13/h3-8H,14H2,1-2H3. The SMILES string of the molecule is CC(C)c1ccn(-c2ccc(N)cc2Br)n1. The van der Waals surface area contributed by atoms with Crippen molar-refractivity contribution < 1.29 is 0 Å². The Morgan fingerprint density at radius 3 is 2.62 bits per heavy atom. The first-order valence-electron chi connectivity index (χ1n) is 5.19. The highest BCUT2D eigenvalue weighted by Gasteiger charge is 2.07. The van der Waals surface area contributed by atoms with Crippen molar-refractivity contribution in [2.75, 3.05) is 5.73 Å². The molecule has 1 aromatic heterocycles. The van der Waals surface area contributed by atoms with Gasteiger partial charge in [-0.3, -0.25) is 0 Å². The van der Waals surface area contributed by atoms with Crippen LogP contribution in [0.3, 0.4) is 0 Å². The molecule has 1 heterocycles. The molecule has 0 bridgehead atoms. The smallest absolute Gasteiger partial charge is 0.0789 e. The van der Waals surface area contributed by atoms with Crippen LogP contribution in [0.15, 0.2) is 34.9 Å². The van der Waals surface area contributed by atoms with E-state index in [0.717, 1.165) is 21.5 Å². The zero-order chi connectivity index (χ0) is 11.7. The fourth-order valence-electron chi connectivity index (χ4n) is 1.49. The molecule has 2 aromatic rings. The van der Waals surface area contributed by atoms with Gasteiger partial charge in [0.15, 0.2) is 0 Å². The summed E-state index contributed by atoms with van der Waals surface area (Å²) in [5.74, 6) is 0.439. The lowest BCUT2D eigenvalue weighted by molar-refractivity contribution is 0.767. The minimum Gasteiger partial charge on any atom is -0.399 e. The van der Waals surface area contributed by atoms with Gasteiger partial charge in [-0.1, -0.05) is 13.8 Å². The van der Waals surface area contributed by atoms with Crippen LogP contribution in [0.1, 0.15) is 25.5 Å². The predicted molar refractivity (Wildman–Crippen MR) is 69.8 cm³/mol. The molecule has 0 atom stereocenters. The van der Waals surface area contributed by atoms with Gasteiger partial charge in [0.2, 0.25) is 0 Å². The maximum atomic E-state index is 5.70. The minimum atomic E-state index is 0.439. The molecule has 0 fully saturated rings. The third-order valence-electron chi connectivity index (χ3n) is 2.42. The molecular weight excluding hydrogens is 266 g/mol. The molecule has 0 aliphatic carbocycles. The molecule has 84 valence electrons. The number of nitrogens with zero attached hydrogens (tertiary/aromatic N) is 2. The number of benzene rings is 1. The van der Waals surface area contributed by atoms with E-state index in [1.807, 2.05) is 35.1 Å². The van der Waals surface area contributed by atoms with Gasteiger partial charge in [0.25, 0.3) is 0 Å². The van der Waals surface area contributed by atoms with Crippen LogP contribution >= 0.6 is 15.9 Å². The molecule has 0 saturated heterocycles. The summed E-state index contributed by atoms with van der Waals surface area (Å²) in [7, 11) is 0. The van der Waals surface area contributed by atoms with Gasteiger partial charge in [-0.2, -0.15) is 5.10 Å². The van der Waals surface area contributed by atoms with E-state index in [1.165, 1.54) is 0 Å². The van der Waals surface area contributed by atoms with Gasteiger partial charge >= 0.3 is 0 Å². The lowest BCUT2D eigenvalue weighted by Crippen LogP contribution is -1.99. The van der Waals surface area contributed by atoms with Crippen molar-refractivity contribution >= 4 is 21.6 Å². The summed E-state index contributed by atoms with van der Waals surface area (Å²) in [6.07, 6.45) is 1.96. The van der Waals surface area contributed by atoms with Crippen molar-refractivity contribution in [1.82, 2.24) is 9.78 Å². The number of nitrogen functional groups attached to an aromatic ring is 1. The molecule has 3 nitrogen and oxygen atoms in total. The summed E-state index contributed by atoms with van der Waals surface area (Å²) in [6.45, 7) is 4.26. The largest absolute Gasteiger partial charge is 0.399 e. The van der Waals surface area contributed by atoms with Crippen molar-refractivity contribution in [3.05, 3.63) is 40.6 Å². The molecular formula is C12H14BrN3. The Morgan fingerprint density at radius 1 is 1.31 bits per heavy atom. The molecule has 2 N–H and O–H groups in total. The lowest BCUT2D eigenvalue weighted by Gasteiger charge is -2.05. The summed E-state index contributed by atoms with van der Waals surface area (Å²) < 4.78 is 2.81. The lowest BCUT2D eigenvalue weighted by atomic mass is 10.1. The van der Waals surface area contributed by atoms with Crippen LogP contribution < -0.4 is 5.73 Å². The molecule has 0 amide bonds. The van der Waals surface area contributed by atoms with E-state index in [4.69, 9.17) is 5.73 Å². The number of anilines is 1. The average molecular weight is 280 g/mol. The summed E-state index contributed by atoms with van der Waals surface area (Å²) in [5.41, 5.74) is 8.53. The van der Waals surface area contributed by atoms with Crippen LogP contribution in [0.5, 0.6) is 0 Å². The topological polar surface area (TPSA) is 43.8 Å². The highest BCUT2D eigenvalue weighted by atomic mass is 79.9. The van der Waals surface area contributed by atoms with E-state index in [-0.39, 0.29) is 0 Å². The number of aromatic nitrogens is 2. The van der Waals surface area contributed by atoms with Crippen molar-refractivity contribution in [2.45, 2.75) is 19.8 Å². The van der Waals surface area contributed by atoms with Gasteiger partial charge in [-0.25, -0.2) is 4.68 Å². The fourth-order valence-corrected chi connectivity index (χ4v) is 2.07. The fraction of sp³-hybridized carbons (Fsp3) is 0.250. The minimum absolute atomic E-state index is 0.439. The van der Waals surface area contributed by atoms with Crippen molar-refractivity contribution in [2.24, 2.45) is 0 Å². The third kappa shape index (κ3) is 2.11. The molecule has 1 aromatic carbocycles. The van der Waals surface area contributed by atoms with Crippen LogP contribution in [-0.4, -0.2) is 9.78 Å². The quantitative estimate of drug-likeness (QED) is 0.857. The Balaban J connectivity index is 2.42. The van der Waals surface area contributed by atoms with Crippen molar-refractivity contribution in [1.29, 1.82) is 0 Å². The van der Waals surface area contributed by atoms with E-state index >= 15 is 0 Å². The predicted octanol–water partition coefficient (Wildman–Crippen LogP) is 3.34. The third-order valence-corrected chi connectivity index (χ3v) is 3.05. The number of hydrogen-bond acceptors (Lipinski definition) is 2. The Kier molecular flexibility index (Phi) is 3.01. The molecule has 0 aliphatic rings. The zero-order valence-corrected chi connectivity index (χ0v) is 10.9. The van der Waals surface area contributed by atoms with Gasteiger partial charge < -0.3 is 5.73 Å². The zero-order valence-electron chi connectivity index (χ0n) is 9.31. The summed E-state index contributed by atoms with van der Waals surface area (Å²) in [6, 6.07) is 7.74. The highest BCUT2D eigenvalue weighted by Crippen LogP contribution is 2.24. The second-order valence-electron chi connectivity index (χ2n) is 4.05. The van der Waals surface area contributed by atoms with E-state index in [0.29, 0.717) is 5.92 Å². The van der Waals surface area contributed by atoms with Crippen LogP contribution in [0.4, 0.5) is 5.69 Å². The van der Waals surface area contributed by atoms with E-state index in [1.54, 1.807) is 0 Å². The second-order valence-corrected chi connectivity index (χ2v) is 4.91. The van der Waals surface area contributed by atoms with Gasteiger partial charge in [0.05, 0.1) is 11.4 Å². The maximum absolute atomic E-state index is 5.70. The number of halogens is 1. The van der Waals surface area contributed by atoms with E-state index < -0.39 is 0 Å². The number of hydrogen-bond donors (Lipinski definition) is 1. The average Bonchev–Trinajstić information content (AvgIpc) is 2.66. The molecule has 0 radical (unpaired) electrons. The van der Waals surface area contributed by atoms with Crippen LogP contribution in [0.2, 0.25) is 0 Å². The Labute approximate surface area is 103 Å². The van der Waals surface area contributed by atoms with Crippen LogP contribution in [-0.2, 0) is 0 Å². The monoisotopic (exact) mass is 279 g/mol. The van der Waals surface area contributed by atoms with Crippen molar-refractivity contribution in [3.8, 4) is 5.69 Å². The van der Waals surface area contributed by atoms with Gasteiger partial charge in [-0.05, 0) is 46.1 Å². The van der Waals surface area contributed by atoms with Crippen LogP contribution in [0, 0.1) is 0 Å². The summed E-state index contributed by atoms with van der Waals surface area (Å²) in [4.78, 5) is 0. The number of rotatable bonds is 2. The molecule has 0 aliphatic heterocycles. The van der Waals surface area contributed by atoms with E-state index in [2.05, 4.69) is 34.9 Å². The maximum Gasteiger partial charge on any atom is 0.0789 e. The van der Waals surface area contributed by atoms with Gasteiger partial charge in [0.1, 0.15) is 0 Å². The first-order valence-corrected chi connectivity index (χ1v) is 5.98. The first kappa shape index (κ1) is 11.2. The summed E-state index contributed by atoms with van der Waals surface area (Å²) >= 11 is 3.49. The molecule has 0 saturated carbocycles. The highest BCUT2D eigenvalue weighted by molar-refractivity contribution is 9.10. The van der Waals surface area contributed by atoms with Crippen molar-refractivity contribution in [3.63, 3.8) is 0 Å². The Hall–Kier alpha value is -1.29. The molecule has 2 rings (SSSR count). The van der Waals surface area contributed by atoms with Crippen LogP contribution in [0.25, 0.3) is 5.69 Å². The summed E-state index contributed by atoms with van der Waals surface area (Å²) in [5, 5.41) is 4.52. The molecule has 4 heteroatoms. The molecule has 16 heavy (non-hydrogen) atoms. The van der Waals surface area contributed by atoms with E-state index in [9.17, 15) is 0 Å². The number of nitrogens with two attached hydrogens (primary N) is 1.